The number of carbonyl (C=O) groups excluding carboxylic acids is 2. The largest absolute Gasteiger partial charge is 0.481 e. The lowest BCUT2D eigenvalue weighted by molar-refractivity contribution is -0.143. The summed E-state index contributed by atoms with van der Waals surface area (Å²) in [5.41, 5.74) is 6.18. The lowest BCUT2D eigenvalue weighted by Crippen LogP contribution is -2.55. The van der Waals surface area contributed by atoms with E-state index in [1.54, 1.807) is 30.3 Å². The van der Waals surface area contributed by atoms with Gasteiger partial charge in [0.05, 0.1) is 12.5 Å². The van der Waals surface area contributed by atoms with E-state index in [-0.39, 0.29) is 19.3 Å². The SMILES string of the molecule is NC(CCC(=O)O)C(=O)NC(CC(=O)O)C(=O)NC(Cc1ccccc1)C(=O)O. The van der Waals surface area contributed by atoms with Crippen molar-refractivity contribution in [2.24, 2.45) is 5.73 Å². The molecule has 1 rings (SSSR count). The Kier molecular flexibility index (Phi) is 9.26. The van der Waals surface area contributed by atoms with E-state index in [0.717, 1.165) is 0 Å². The number of carboxylic acid groups (broad SMARTS) is 3. The maximum absolute atomic E-state index is 12.4. The Labute approximate surface area is 165 Å². The first-order valence-corrected chi connectivity index (χ1v) is 8.66. The Morgan fingerprint density at radius 3 is 1.97 bits per heavy atom. The van der Waals surface area contributed by atoms with Crippen molar-refractivity contribution in [2.45, 2.75) is 43.8 Å². The van der Waals surface area contributed by atoms with Gasteiger partial charge in [-0.15, -0.1) is 0 Å². The minimum Gasteiger partial charge on any atom is -0.481 e. The van der Waals surface area contributed by atoms with E-state index in [1.807, 2.05) is 0 Å². The Morgan fingerprint density at radius 1 is 0.862 bits per heavy atom. The molecule has 11 heteroatoms. The van der Waals surface area contributed by atoms with Gasteiger partial charge in [-0.25, -0.2) is 4.79 Å². The first kappa shape index (κ1) is 23.6. The molecule has 0 aliphatic heterocycles. The maximum atomic E-state index is 12.4. The van der Waals surface area contributed by atoms with E-state index in [2.05, 4.69) is 10.6 Å². The normalized spacial score (nSPS) is 13.6. The second-order valence-corrected chi connectivity index (χ2v) is 6.29. The van der Waals surface area contributed by atoms with E-state index in [9.17, 15) is 29.1 Å². The molecule has 0 radical (unpaired) electrons. The van der Waals surface area contributed by atoms with E-state index in [1.165, 1.54) is 0 Å². The number of carboxylic acids is 3. The number of nitrogens with two attached hydrogens (primary N) is 1. The number of rotatable bonds is 12. The number of aliphatic carboxylic acids is 3. The van der Waals surface area contributed by atoms with Crippen LogP contribution in [0.3, 0.4) is 0 Å². The third kappa shape index (κ3) is 8.84. The molecule has 0 saturated carbocycles. The summed E-state index contributed by atoms with van der Waals surface area (Å²) in [7, 11) is 0. The van der Waals surface area contributed by atoms with Crippen molar-refractivity contribution in [3.05, 3.63) is 35.9 Å². The Balaban J connectivity index is 2.82. The Hall–Kier alpha value is -3.47. The van der Waals surface area contributed by atoms with E-state index < -0.39 is 54.3 Å². The summed E-state index contributed by atoms with van der Waals surface area (Å²) in [6.07, 6.45) is -1.45. The minimum absolute atomic E-state index is 0.0478. The molecular weight excluding hydrogens is 386 g/mol. The second kappa shape index (κ2) is 11.4. The van der Waals surface area contributed by atoms with Crippen molar-refractivity contribution in [1.29, 1.82) is 0 Å². The van der Waals surface area contributed by atoms with Gasteiger partial charge in [-0.05, 0) is 12.0 Å². The zero-order chi connectivity index (χ0) is 22.0. The lowest BCUT2D eigenvalue weighted by Gasteiger charge is -2.22. The van der Waals surface area contributed by atoms with Crippen LogP contribution in [0.4, 0.5) is 0 Å². The fraction of sp³-hybridized carbons (Fsp3) is 0.389. The molecule has 29 heavy (non-hydrogen) atoms. The van der Waals surface area contributed by atoms with Crippen molar-refractivity contribution in [2.75, 3.05) is 0 Å². The Bertz CT molecular complexity index is 753. The third-order valence-electron chi connectivity index (χ3n) is 3.91. The number of amides is 2. The molecule has 3 unspecified atom stereocenters. The molecule has 0 fully saturated rings. The van der Waals surface area contributed by atoms with Gasteiger partial charge >= 0.3 is 17.9 Å². The van der Waals surface area contributed by atoms with Crippen molar-refractivity contribution in [3.63, 3.8) is 0 Å². The number of hydrogen-bond acceptors (Lipinski definition) is 6. The van der Waals surface area contributed by atoms with Crippen LogP contribution < -0.4 is 16.4 Å². The van der Waals surface area contributed by atoms with Crippen LogP contribution in [-0.2, 0) is 30.4 Å². The Morgan fingerprint density at radius 2 is 1.45 bits per heavy atom. The highest BCUT2D eigenvalue weighted by atomic mass is 16.4. The molecule has 0 aromatic heterocycles. The standard InChI is InChI=1S/C18H23N3O8/c19-11(6-7-14(22)23)16(26)20-12(9-15(24)25)17(27)21-13(18(28)29)8-10-4-2-1-3-5-10/h1-5,11-13H,6-9,19H2,(H,20,26)(H,21,27)(H,22,23)(H,24,25)(H,28,29). The highest BCUT2D eigenvalue weighted by Crippen LogP contribution is 2.05. The monoisotopic (exact) mass is 409 g/mol. The highest BCUT2D eigenvalue weighted by Gasteiger charge is 2.29. The highest BCUT2D eigenvalue weighted by molar-refractivity contribution is 5.94. The topological polar surface area (TPSA) is 196 Å². The van der Waals surface area contributed by atoms with Crippen LogP contribution in [0, 0.1) is 0 Å². The molecule has 0 bridgehead atoms. The molecule has 11 nitrogen and oxygen atoms in total. The first-order valence-electron chi connectivity index (χ1n) is 8.66. The summed E-state index contributed by atoms with van der Waals surface area (Å²) in [6.45, 7) is 0. The third-order valence-corrected chi connectivity index (χ3v) is 3.91. The van der Waals surface area contributed by atoms with Crippen molar-refractivity contribution in [3.8, 4) is 0 Å². The van der Waals surface area contributed by atoms with Gasteiger partial charge < -0.3 is 31.7 Å². The molecule has 158 valence electrons. The minimum atomic E-state index is -1.58. The lowest BCUT2D eigenvalue weighted by atomic mass is 10.0. The van der Waals surface area contributed by atoms with Crippen LogP contribution in [0.15, 0.2) is 30.3 Å². The van der Waals surface area contributed by atoms with Gasteiger partial charge in [0.2, 0.25) is 11.8 Å². The zero-order valence-electron chi connectivity index (χ0n) is 15.4. The van der Waals surface area contributed by atoms with Gasteiger partial charge in [-0.1, -0.05) is 30.3 Å². The number of hydrogen-bond donors (Lipinski definition) is 6. The summed E-state index contributed by atoms with van der Waals surface area (Å²) in [6, 6.07) is 4.27. The predicted molar refractivity (Wildman–Crippen MR) is 98.7 cm³/mol. The van der Waals surface area contributed by atoms with Gasteiger partial charge in [-0.2, -0.15) is 0 Å². The molecule has 7 N–H and O–H groups in total. The zero-order valence-corrected chi connectivity index (χ0v) is 15.4. The fourth-order valence-electron chi connectivity index (χ4n) is 2.39. The number of benzene rings is 1. The van der Waals surface area contributed by atoms with Crippen molar-refractivity contribution < 1.29 is 39.3 Å². The molecule has 0 aliphatic carbocycles. The van der Waals surface area contributed by atoms with Gasteiger partial charge in [0.1, 0.15) is 12.1 Å². The molecule has 3 atom stereocenters. The van der Waals surface area contributed by atoms with E-state index >= 15 is 0 Å². The van der Waals surface area contributed by atoms with Gasteiger partial charge in [0, 0.05) is 12.8 Å². The smallest absolute Gasteiger partial charge is 0.326 e. The van der Waals surface area contributed by atoms with E-state index in [4.69, 9.17) is 15.9 Å². The molecular formula is C18H23N3O8. The predicted octanol–water partition coefficient (Wildman–Crippen LogP) is -1.05. The van der Waals surface area contributed by atoms with Crippen molar-refractivity contribution in [1.82, 2.24) is 10.6 Å². The average Bonchev–Trinajstić information content (AvgIpc) is 2.65. The second-order valence-electron chi connectivity index (χ2n) is 6.29. The van der Waals surface area contributed by atoms with Crippen molar-refractivity contribution >= 4 is 29.7 Å². The van der Waals surface area contributed by atoms with Gasteiger partial charge in [-0.3, -0.25) is 19.2 Å². The number of carbonyl (C=O) groups is 5. The van der Waals surface area contributed by atoms with Gasteiger partial charge in [0.25, 0.3) is 0 Å². The molecule has 1 aromatic rings. The summed E-state index contributed by atoms with van der Waals surface area (Å²) in [5.74, 6) is -5.82. The summed E-state index contributed by atoms with van der Waals surface area (Å²) in [5, 5.41) is 31.3. The van der Waals surface area contributed by atoms with Crippen LogP contribution in [0.2, 0.25) is 0 Å². The molecule has 0 spiro atoms. The van der Waals surface area contributed by atoms with E-state index in [0.29, 0.717) is 5.56 Å². The molecule has 2 amide bonds. The van der Waals surface area contributed by atoms with Crippen LogP contribution in [-0.4, -0.2) is 63.2 Å². The summed E-state index contributed by atoms with van der Waals surface area (Å²) >= 11 is 0. The number of nitrogens with one attached hydrogen (secondary N) is 2. The van der Waals surface area contributed by atoms with Crippen LogP contribution in [0.25, 0.3) is 0 Å². The van der Waals surface area contributed by atoms with Crippen LogP contribution in [0.5, 0.6) is 0 Å². The molecule has 0 saturated heterocycles. The first-order chi connectivity index (χ1) is 13.6. The van der Waals surface area contributed by atoms with Crippen LogP contribution in [0.1, 0.15) is 24.8 Å². The summed E-state index contributed by atoms with van der Waals surface area (Å²) < 4.78 is 0. The fourth-order valence-corrected chi connectivity index (χ4v) is 2.39. The maximum Gasteiger partial charge on any atom is 0.326 e. The quantitative estimate of drug-likeness (QED) is 0.249. The van der Waals surface area contributed by atoms with Gasteiger partial charge in [0.15, 0.2) is 0 Å². The molecule has 1 aromatic carbocycles. The summed E-state index contributed by atoms with van der Waals surface area (Å²) in [4.78, 5) is 57.5. The average molecular weight is 409 g/mol. The molecule has 0 aliphatic rings. The molecule has 0 heterocycles. The van der Waals surface area contributed by atoms with Crippen LogP contribution >= 0.6 is 0 Å².